The van der Waals surface area contributed by atoms with E-state index in [1.54, 1.807) is 0 Å². The first-order chi connectivity index (χ1) is 6.72. The van der Waals surface area contributed by atoms with Crippen molar-refractivity contribution in [3.63, 3.8) is 0 Å². The Kier molecular flexibility index (Phi) is 3.13. The zero-order valence-corrected chi connectivity index (χ0v) is 9.58. The number of nitrogens with two attached hydrogens (primary N) is 1. The molecule has 2 N–H and O–H groups in total. The van der Waals surface area contributed by atoms with Gasteiger partial charge in [0, 0.05) is 18.1 Å². The summed E-state index contributed by atoms with van der Waals surface area (Å²) >= 11 is 0. The van der Waals surface area contributed by atoms with Crippen LogP contribution in [0.1, 0.15) is 46.0 Å². The lowest BCUT2D eigenvalue weighted by Gasteiger charge is -2.31. The molecule has 0 aromatic carbocycles. The third-order valence-corrected chi connectivity index (χ3v) is 4.26. The molecule has 1 aliphatic carbocycles. The number of nitrogens with zero attached hydrogens (tertiary/aromatic N) is 1. The van der Waals surface area contributed by atoms with Crippen LogP contribution in [0, 0.1) is 5.92 Å². The van der Waals surface area contributed by atoms with E-state index in [2.05, 4.69) is 18.7 Å². The topological polar surface area (TPSA) is 29.3 Å². The highest BCUT2D eigenvalue weighted by molar-refractivity contribution is 4.92. The Morgan fingerprint density at radius 3 is 2.64 bits per heavy atom. The average Bonchev–Trinajstić information content (AvgIpc) is 2.71. The van der Waals surface area contributed by atoms with Crippen molar-refractivity contribution in [1.82, 2.24) is 4.90 Å². The van der Waals surface area contributed by atoms with Crippen LogP contribution in [0.25, 0.3) is 0 Å². The molecule has 2 aliphatic rings. The number of hydrogen-bond donors (Lipinski definition) is 1. The van der Waals surface area contributed by atoms with Crippen molar-refractivity contribution in [3.05, 3.63) is 0 Å². The van der Waals surface area contributed by atoms with E-state index < -0.39 is 0 Å². The quantitative estimate of drug-likeness (QED) is 0.732. The standard InChI is InChI=1S/C12H24N2/c1-3-12-9(2)6-7-14(12)11-5-4-10(13)8-11/h9-12H,3-8,13H2,1-2H3. The molecule has 4 unspecified atom stereocenters. The molecule has 14 heavy (non-hydrogen) atoms. The van der Waals surface area contributed by atoms with Crippen molar-refractivity contribution < 1.29 is 0 Å². The predicted molar refractivity (Wildman–Crippen MR) is 60.2 cm³/mol. The van der Waals surface area contributed by atoms with Crippen LogP contribution < -0.4 is 5.73 Å². The van der Waals surface area contributed by atoms with Crippen LogP contribution in [0.2, 0.25) is 0 Å². The van der Waals surface area contributed by atoms with E-state index in [0.717, 1.165) is 18.0 Å². The molecule has 1 saturated heterocycles. The minimum absolute atomic E-state index is 0.480. The number of hydrogen-bond acceptors (Lipinski definition) is 2. The maximum atomic E-state index is 5.99. The Morgan fingerprint density at radius 1 is 1.29 bits per heavy atom. The molecule has 2 rings (SSSR count). The Bertz CT molecular complexity index is 193. The van der Waals surface area contributed by atoms with Gasteiger partial charge in [0.25, 0.3) is 0 Å². The van der Waals surface area contributed by atoms with Gasteiger partial charge in [-0.1, -0.05) is 13.8 Å². The highest BCUT2D eigenvalue weighted by atomic mass is 15.2. The summed E-state index contributed by atoms with van der Waals surface area (Å²) in [5.41, 5.74) is 5.99. The smallest absolute Gasteiger partial charge is 0.0122 e. The zero-order chi connectivity index (χ0) is 10.1. The third-order valence-electron chi connectivity index (χ3n) is 4.26. The molecular formula is C12H24N2. The molecule has 0 aromatic heterocycles. The number of rotatable bonds is 2. The monoisotopic (exact) mass is 196 g/mol. The fourth-order valence-corrected chi connectivity index (χ4v) is 3.42. The summed E-state index contributed by atoms with van der Waals surface area (Å²) in [6, 6.07) is 2.12. The molecule has 0 bridgehead atoms. The van der Waals surface area contributed by atoms with Crippen LogP contribution in [0.5, 0.6) is 0 Å². The lowest BCUT2D eigenvalue weighted by molar-refractivity contribution is 0.161. The van der Waals surface area contributed by atoms with E-state index in [4.69, 9.17) is 5.73 Å². The van der Waals surface area contributed by atoms with Gasteiger partial charge in [-0.15, -0.1) is 0 Å². The second-order valence-corrected chi connectivity index (χ2v) is 5.21. The molecule has 1 aliphatic heterocycles. The fraction of sp³-hybridized carbons (Fsp3) is 1.00. The maximum Gasteiger partial charge on any atom is 0.0122 e. The first-order valence-electron chi connectivity index (χ1n) is 6.23. The summed E-state index contributed by atoms with van der Waals surface area (Å²) < 4.78 is 0. The highest BCUT2D eigenvalue weighted by Crippen LogP contribution is 2.33. The molecule has 1 heterocycles. The highest BCUT2D eigenvalue weighted by Gasteiger charge is 2.36. The van der Waals surface area contributed by atoms with Crippen molar-refractivity contribution in [1.29, 1.82) is 0 Å². The molecule has 0 amide bonds. The van der Waals surface area contributed by atoms with Gasteiger partial charge in [0.2, 0.25) is 0 Å². The van der Waals surface area contributed by atoms with Gasteiger partial charge >= 0.3 is 0 Å². The van der Waals surface area contributed by atoms with Crippen molar-refractivity contribution in [2.45, 2.75) is 64.1 Å². The number of likely N-dealkylation sites (tertiary alicyclic amines) is 1. The molecule has 4 atom stereocenters. The minimum atomic E-state index is 0.480. The molecule has 2 nitrogen and oxygen atoms in total. The fourth-order valence-electron chi connectivity index (χ4n) is 3.42. The lowest BCUT2D eigenvalue weighted by atomic mass is 10.00. The SMILES string of the molecule is CCC1C(C)CCN1C1CCC(N)C1. The second kappa shape index (κ2) is 4.19. The summed E-state index contributed by atoms with van der Waals surface area (Å²) in [5.74, 6) is 0.900. The summed E-state index contributed by atoms with van der Waals surface area (Å²) in [7, 11) is 0. The largest absolute Gasteiger partial charge is 0.328 e. The molecule has 1 saturated carbocycles. The average molecular weight is 196 g/mol. The van der Waals surface area contributed by atoms with Gasteiger partial charge in [-0.2, -0.15) is 0 Å². The van der Waals surface area contributed by atoms with Gasteiger partial charge in [0.05, 0.1) is 0 Å². The van der Waals surface area contributed by atoms with Crippen molar-refractivity contribution in [2.24, 2.45) is 11.7 Å². The molecule has 82 valence electrons. The Balaban J connectivity index is 1.97. The van der Waals surface area contributed by atoms with Crippen LogP contribution >= 0.6 is 0 Å². The van der Waals surface area contributed by atoms with E-state index in [-0.39, 0.29) is 0 Å². The first kappa shape index (κ1) is 10.4. The van der Waals surface area contributed by atoms with Crippen molar-refractivity contribution in [3.8, 4) is 0 Å². The Labute approximate surface area is 87.8 Å². The van der Waals surface area contributed by atoms with E-state index in [1.165, 1.54) is 38.6 Å². The zero-order valence-electron chi connectivity index (χ0n) is 9.58. The van der Waals surface area contributed by atoms with Gasteiger partial charge in [-0.05, 0) is 44.6 Å². The second-order valence-electron chi connectivity index (χ2n) is 5.21. The Hall–Kier alpha value is -0.0800. The van der Waals surface area contributed by atoms with Gasteiger partial charge in [0.1, 0.15) is 0 Å². The van der Waals surface area contributed by atoms with Crippen molar-refractivity contribution in [2.75, 3.05) is 6.54 Å². The molecule has 2 heteroatoms. The summed E-state index contributed by atoms with van der Waals surface area (Å²) in [5, 5.41) is 0. The third kappa shape index (κ3) is 1.82. The van der Waals surface area contributed by atoms with Crippen LogP contribution in [0.4, 0.5) is 0 Å². The van der Waals surface area contributed by atoms with Gasteiger partial charge < -0.3 is 5.73 Å². The van der Waals surface area contributed by atoms with E-state index in [9.17, 15) is 0 Å². The summed E-state index contributed by atoms with van der Waals surface area (Å²) in [6.45, 7) is 6.05. The van der Waals surface area contributed by atoms with Gasteiger partial charge in [-0.3, -0.25) is 4.90 Å². The minimum Gasteiger partial charge on any atom is -0.328 e. The van der Waals surface area contributed by atoms with Crippen LogP contribution in [-0.2, 0) is 0 Å². The summed E-state index contributed by atoms with van der Waals surface area (Å²) in [4.78, 5) is 2.75. The van der Waals surface area contributed by atoms with E-state index >= 15 is 0 Å². The molecular weight excluding hydrogens is 172 g/mol. The predicted octanol–water partition coefficient (Wildman–Crippen LogP) is 1.99. The van der Waals surface area contributed by atoms with Crippen LogP contribution in [0.3, 0.4) is 0 Å². The lowest BCUT2D eigenvalue weighted by Crippen LogP contribution is -2.39. The molecule has 2 fully saturated rings. The van der Waals surface area contributed by atoms with E-state index in [0.29, 0.717) is 6.04 Å². The summed E-state index contributed by atoms with van der Waals surface area (Å²) in [6.07, 6.45) is 6.52. The molecule has 0 aromatic rings. The maximum absolute atomic E-state index is 5.99. The van der Waals surface area contributed by atoms with Crippen molar-refractivity contribution >= 4 is 0 Å². The Morgan fingerprint density at radius 2 is 2.07 bits per heavy atom. The molecule has 0 radical (unpaired) electrons. The van der Waals surface area contributed by atoms with Crippen LogP contribution in [-0.4, -0.2) is 29.6 Å². The first-order valence-corrected chi connectivity index (χ1v) is 6.23. The normalized spacial score (nSPS) is 44.8. The van der Waals surface area contributed by atoms with Gasteiger partial charge in [-0.25, -0.2) is 0 Å². The van der Waals surface area contributed by atoms with Gasteiger partial charge in [0.15, 0.2) is 0 Å². The van der Waals surface area contributed by atoms with E-state index in [1.807, 2.05) is 0 Å². The molecule has 0 spiro atoms. The van der Waals surface area contributed by atoms with Crippen LogP contribution in [0.15, 0.2) is 0 Å².